The molecule has 0 aliphatic heterocycles. The number of rotatable bonds is 6. The third-order valence-corrected chi connectivity index (χ3v) is 3.70. The summed E-state index contributed by atoms with van der Waals surface area (Å²) in [6.07, 6.45) is 10.1. The minimum Gasteiger partial charge on any atom is -0.314 e. The van der Waals surface area contributed by atoms with Crippen molar-refractivity contribution < 1.29 is 0 Å². The number of hydrogen-bond donors (Lipinski definition) is 1. The lowest BCUT2D eigenvalue weighted by Crippen LogP contribution is -2.42. The molecule has 1 nitrogen and oxygen atoms in total. The van der Waals surface area contributed by atoms with Gasteiger partial charge in [-0.05, 0) is 37.6 Å². The molecule has 0 aromatic rings. The van der Waals surface area contributed by atoms with Gasteiger partial charge in [0.25, 0.3) is 0 Å². The van der Waals surface area contributed by atoms with E-state index in [-0.39, 0.29) is 0 Å². The van der Waals surface area contributed by atoms with Crippen molar-refractivity contribution in [2.24, 2.45) is 5.41 Å². The van der Waals surface area contributed by atoms with Gasteiger partial charge in [-0.3, -0.25) is 0 Å². The van der Waals surface area contributed by atoms with Crippen LogP contribution in [0, 0.1) is 5.41 Å². The molecule has 1 aliphatic carbocycles. The van der Waals surface area contributed by atoms with Crippen molar-refractivity contribution in [2.75, 3.05) is 6.54 Å². The Labute approximate surface area is 89.0 Å². The van der Waals surface area contributed by atoms with Gasteiger partial charge in [0.1, 0.15) is 0 Å². The summed E-state index contributed by atoms with van der Waals surface area (Å²) < 4.78 is 0. The van der Waals surface area contributed by atoms with Crippen LogP contribution in [0.5, 0.6) is 0 Å². The Morgan fingerprint density at radius 2 is 2.07 bits per heavy atom. The van der Waals surface area contributed by atoms with Gasteiger partial charge in [0.2, 0.25) is 0 Å². The fourth-order valence-electron chi connectivity index (χ4n) is 2.76. The minimum absolute atomic E-state index is 0.555. The van der Waals surface area contributed by atoms with E-state index in [0.29, 0.717) is 11.5 Å². The summed E-state index contributed by atoms with van der Waals surface area (Å²) in [7, 11) is 0. The second kappa shape index (κ2) is 5.55. The molecular formula is C13H25N. The lowest BCUT2D eigenvalue weighted by Gasteiger charge is -2.34. The Hall–Kier alpha value is -0.300. The quantitative estimate of drug-likeness (QED) is 0.640. The highest BCUT2D eigenvalue weighted by Gasteiger charge is 2.35. The minimum atomic E-state index is 0.555. The molecule has 0 radical (unpaired) electrons. The molecule has 0 bridgehead atoms. The molecule has 0 amide bonds. The predicted molar refractivity (Wildman–Crippen MR) is 63.5 cm³/mol. The molecule has 1 rings (SSSR count). The van der Waals surface area contributed by atoms with E-state index < -0.39 is 0 Å². The SMILES string of the molecule is C=CCCC(NCC)C1(C)CCCC1. The second-order valence-electron chi connectivity index (χ2n) is 4.84. The van der Waals surface area contributed by atoms with Crippen LogP contribution in [0.3, 0.4) is 0 Å². The Morgan fingerprint density at radius 3 is 2.57 bits per heavy atom. The fourth-order valence-corrected chi connectivity index (χ4v) is 2.76. The van der Waals surface area contributed by atoms with Crippen LogP contribution in [0.15, 0.2) is 12.7 Å². The molecule has 0 aromatic heterocycles. The maximum Gasteiger partial charge on any atom is 0.0124 e. The standard InChI is InChI=1S/C13H25N/c1-4-6-9-12(14-5-2)13(3)10-7-8-11-13/h4,12,14H,1,5-11H2,2-3H3. The third kappa shape index (κ3) is 2.84. The smallest absolute Gasteiger partial charge is 0.0124 e. The van der Waals surface area contributed by atoms with E-state index in [1.165, 1.54) is 32.1 Å². The van der Waals surface area contributed by atoms with E-state index >= 15 is 0 Å². The second-order valence-corrected chi connectivity index (χ2v) is 4.84. The highest BCUT2D eigenvalue weighted by atomic mass is 14.9. The Balaban J connectivity index is 2.50. The lowest BCUT2D eigenvalue weighted by molar-refractivity contribution is 0.213. The molecule has 0 saturated heterocycles. The molecular weight excluding hydrogens is 170 g/mol. The predicted octanol–water partition coefficient (Wildman–Crippen LogP) is 3.51. The van der Waals surface area contributed by atoms with E-state index in [2.05, 4.69) is 25.7 Å². The average Bonchev–Trinajstić information content (AvgIpc) is 2.60. The maximum absolute atomic E-state index is 3.81. The molecule has 1 atom stereocenters. The Kier molecular flexibility index (Phi) is 4.67. The van der Waals surface area contributed by atoms with Gasteiger partial charge >= 0.3 is 0 Å². The third-order valence-electron chi connectivity index (χ3n) is 3.70. The van der Waals surface area contributed by atoms with Gasteiger partial charge in [0, 0.05) is 6.04 Å². The van der Waals surface area contributed by atoms with Crippen molar-refractivity contribution in [2.45, 2.75) is 58.4 Å². The summed E-state index contributed by atoms with van der Waals surface area (Å²) in [5.41, 5.74) is 0.555. The van der Waals surface area contributed by atoms with Crippen molar-refractivity contribution in [3.05, 3.63) is 12.7 Å². The van der Waals surface area contributed by atoms with Crippen LogP contribution < -0.4 is 5.32 Å². The van der Waals surface area contributed by atoms with Crippen LogP contribution in [0.25, 0.3) is 0 Å². The van der Waals surface area contributed by atoms with Gasteiger partial charge in [-0.25, -0.2) is 0 Å². The van der Waals surface area contributed by atoms with E-state index in [1.807, 2.05) is 6.08 Å². The fraction of sp³-hybridized carbons (Fsp3) is 0.846. The molecule has 1 saturated carbocycles. The van der Waals surface area contributed by atoms with Crippen LogP contribution in [0.2, 0.25) is 0 Å². The van der Waals surface area contributed by atoms with Gasteiger partial charge in [-0.1, -0.05) is 32.8 Å². The van der Waals surface area contributed by atoms with Gasteiger partial charge < -0.3 is 5.32 Å². The molecule has 82 valence electrons. The van der Waals surface area contributed by atoms with Crippen LogP contribution >= 0.6 is 0 Å². The maximum atomic E-state index is 3.81. The topological polar surface area (TPSA) is 12.0 Å². The van der Waals surface area contributed by atoms with E-state index in [1.54, 1.807) is 0 Å². The first-order valence-corrected chi connectivity index (χ1v) is 6.07. The molecule has 1 fully saturated rings. The molecule has 1 aliphatic rings. The van der Waals surface area contributed by atoms with Gasteiger partial charge in [-0.2, -0.15) is 0 Å². The largest absolute Gasteiger partial charge is 0.314 e. The first-order valence-electron chi connectivity index (χ1n) is 6.07. The Bertz CT molecular complexity index is 168. The first-order chi connectivity index (χ1) is 6.73. The van der Waals surface area contributed by atoms with Crippen molar-refractivity contribution in [1.82, 2.24) is 5.32 Å². The summed E-state index contributed by atoms with van der Waals surface area (Å²) in [5, 5.41) is 3.65. The highest BCUT2D eigenvalue weighted by molar-refractivity contribution is 4.92. The van der Waals surface area contributed by atoms with Crippen molar-refractivity contribution >= 4 is 0 Å². The first kappa shape index (κ1) is 11.8. The van der Waals surface area contributed by atoms with Crippen LogP contribution in [0.4, 0.5) is 0 Å². The van der Waals surface area contributed by atoms with Crippen LogP contribution in [-0.4, -0.2) is 12.6 Å². The van der Waals surface area contributed by atoms with E-state index in [0.717, 1.165) is 13.0 Å². The van der Waals surface area contributed by atoms with Crippen LogP contribution in [0.1, 0.15) is 52.4 Å². The molecule has 0 spiro atoms. The zero-order valence-corrected chi connectivity index (χ0v) is 9.81. The zero-order valence-electron chi connectivity index (χ0n) is 9.81. The molecule has 1 unspecified atom stereocenters. The lowest BCUT2D eigenvalue weighted by atomic mass is 9.78. The molecule has 0 heterocycles. The van der Waals surface area contributed by atoms with E-state index in [9.17, 15) is 0 Å². The van der Waals surface area contributed by atoms with Crippen molar-refractivity contribution in [3.63, 3.8) is 0 Å². The van der Waals surface area contributed by atoms with Gasteiger partial charge in [0.15, 0.2) is 0 Å². The summed E-state index contributed by atoms with van der Waals surface area (Å²) in [5.74, 6) is 0. The highest BCUT2D eigenvalue weighted by Crippen LogP contribution is 2.41. The monoisotopic (exact) mass is 195 g/mol. The number of nitrogens with one attached hydrogen (secondary N) is 1. The summed E-state index contributed by atoms with van der Waals surface area (Å²) >= 11 is 0. The average molecular weight is 195 g/mol. The zero-order chi connectivity index (χ0) is 10.4. The number of allylic oxidation sites excluding steroid dienone is 1. The molecule has 1 heteroatoms. The molecule has 1 N–H and O–H groups in total. The van der Waals surface area contributed by atoms with Gasteiger partial charge in [0.05, 0.1) is 0 Å². The van der Waals surface area contributed by atoms with Crippen molar-refractivity contribution in [3.8, 4) is 0 Å². The molecule has 14 heavy (non-hydrogen) atoms. The van der Waals surface area contributed by atoms with E-state index in [4.69, 9.17) is 0 Å². The Morgan fingerprint density at radius 1 is 1.43 bits per heavy atom. The van der Waals surface area contributed by atoms with Crippen molar-refractivity contribution in [1.29, 1.82) is 0 Å². The summed E-state index contributed by atoms with van der Waals surface area (Å²) in [4.78, 5) is 0. The van der Waals surface area contributed by atoms with Crippen LogP contribution in [-0.2, 0) is 0 Å². The normalized spacial score (nSPS) is 22.1. The molecule has 0 aromatic carbocycles. The van der Waals surface area contributed by atoms with Gasteiger partial charge in [-0.15, -0.1) is 6.58 Å². The summed E-state index contributed by atoms with van der Waals surface area (Å²) in [6.45, 7) is 9.57. The number of hydrogen-bond acceptors (Lipinski definition) is 1. The summed E-state index contributed by atoms with van der Waals surface area (Å²) in [6, 6.07) is 0.702.